The molecule has 2 N–H and O–H groups in total. The maximum atomic E-state index is 5.94. The van der Waals surface area contributed by atoms with Gasteiger partial charge in [0, 0.05) is 24.8 Å². The number of rotatable bonds is 3. The van der Waals surface area contributed by atoms with Gasteiger partial charge in [-0.1, -0.05) is 35.9 Å². The maximum Gasteiger partial charge on any atom is 0.129 e. The molecule has 0 amide bonds. The van der Waals surface area contributed by atoms with E-state index in [2.05, 4.69) is 44.8 Å². The van der Waals surface area contributed by atoms with Crippen molar-refractivity contribution in [1.29, 1.82) is 0 Å². The number of nitrogens with zero attached hydrogens (tertiary/aromatic N) is 2. The summed E-state index contributed by atoms with van der Waals surface area (Å²) >= 11 is 5.94. The molecule has 2 aromatic heterocycles. The first-order valence-electron chi connectivity index (χ1n) is 7.89. The highest BCUT2D eigenvalue weighted by molar-refractivity contribution is 6.29. The molecule has 1 unspecified atom stereocenters. The number of pyridine rings is 1. The maximum absolute atomic E-state index is 5.94. The average molecular weight is 377 g/mol. The monoisotopic (exact) mass is 376 g/mol. The van der Waals surface area contributed by atoms with Crippen LogP contribution in [-0.4, -0.2) is 34.9 Å². The zero-order chi connectivity index (χ0) is 16.4. The van der Waals surface area contributed by atoms with E-state index in [0.29, 0.717) is 5.15 Å². The third kappa shape index (κ3) is 4.02. The number of aromatic amines is 1. The second-order valence-corrected chi connectivity index (χ2v) is 6.11. The smallest absolute Gasteiger partial charge is 0.129 e. The van der Waals surface area contributed by atoms with Crippen molar-refractivity contribution in [2.75, 3.05) is 19.7 Å². The number of nitrogens with one attached hydrogen (secondary N) is 2. The number of benzene rings is 1. The highest BCUT2D eigenvalue weighted by atomic mass is 35.5. The zero-order valence-corrected chi connectivity index (χ0v) is 15.0. The Balaban J connectivity index is 0.00000182. The van der Waals surface area contributed by atoms with E-state index in [9.17, 15) is 0 Å². The zero-order valence-electron chi connectivity index (χ0n) is 13.4. The summed E-state index contributed by atoms with van der Waals surface area (Å²) < 4.78 is 5.78. The molecule has 0 radical (unpaired) electrons. The van der Waals surface area contributed by atoms with E-state index >= 15 is 0 Å². The lowest BCUT2D eigenvalue weighted by atomic mass is 10.0. The van der Waals surface area contributed by atoms with Gasteiger partial charge in [-0.25, -0.2) is 4.98 Å². The summed E-state index contributed by atoms with van der Waals surface area (Å²) in [6, 6.07) is 14.1. The van der Waals surface area contributed by atoms with Crippen molar-refractivity contribution in [3.8, 4) is 22.5 Å². The van der Waals surface area contributed by atoms with Gasteiger partial charge >= 0.3 is 0 Å². The van der Waals surface area contributed by atoms with Gasteiger partial charge in [-0.2, -0.15) is 5.10 Å². The molecule has 3 aromatic rings. The molecule has 0 bridgehead atoms. The fourth-order valence-corrected chi connectivity index (χ4v) is 3.01. The van der Waals surface area contributed by atoms with Gasteiger partial charge in [-0.3, -0.25) is 5.10 Å². The molecule has 0 spiro atoms. The van der Waals surface area contributed by atoms with Crippen LogP contribution in [0.5, 0.6) is 0 Å². The quantitative estimate of drug-likeness (QED) is 0.680. The summed E-state index contributed by atoms with van der Waals surface area (Å²) in [5, 5.41) is 11.3. The van der Waals surface area contributed by atoms with E-state index in [1.54, 1.807) is 12.3 Å². The molecule has 1 saturated heterocycles. The van der Waals surface area contributed by atoms with Crippen LogP contribution in [0.2, 0.25) is 5.15 Å². The Bertz CT molecular complexity index is 829. The van der Waals surface area contributed by atoms with Crippen molar-refractivity contribution >= 4 is 24.0 Å². The molecule has 0 saturated carbocycles. The lowest BCUT2D eigenvalue weighted by Crippen LogP contribution is -2.33. The lowest BCUT2D eigenvalue weighted by molar-refractivity contribution is 0.0277. The fraction of sp³-hybridized carbons (Fsp3) is 0.222. The Kier molecular flexibility index (Phi) is 5.71. The van der Waals surface area contributed by atoms with Gasteiger partial charge in [0.25, 0.3) is 0 Å². The lowest BCUT2D eigenvalue weighted by Gasteiger charge is -2.24. The molecule has 130 valence electrons. The highest BCUT2D eigenvalue weighted by Gasteiger charge is 2.15. The Morgan fingerprint density at radius 3 is 2.64 bits per heavy atom. The Morgan fingerprint density at radius 2 is 1.92 bits per heavy atom. The Morgan fingerprint density at radius 1 is 1.08 bits per heavy atom. The van der Waals surface area contributed by atoms with E-state index in [4.69, 9.17) is 16.3 Å². The molecule has 1 fully saturated rings. The second-order valence-electron chi connectivity index (χ2n) is 5.72. The van der Waals surface area contributed by atoms with Gasteiger partial charge < -0.3 is 10.1 Å². The van der Waals surface area contributed by atoms with E-state index in [1.807, 2.05) is 12.1 Å². The summed E-state index contributed by atoms with van der Waals surface area (Å²) in [5.74, 6) is 0. The van der Waals surface area contributed by atoms with Crippen LogP contribution in [-0.2, 0) is 4.74 Å². The number of hydrogen-bond donors (Lipinski definition) is 2. The van der Waals surface area contributed by atoms with Crippen molar-refractivity contribution in [3.63, 3.8) is 0 Å². The average Bonchev–Trinajstić information content (AvgIpc) is 3.13. The van der Waals surface area contributed by atoms with Crippen LogP contribution in [0.15, 0.2) is 48.7 Å². The summed E-state index contributed by atoms with van der Waals surface area (Å²) in [4.78, 5) is 3.99. The summed E-state index contributed by atoms with van der Waals surface area (Å²) in [5.41, 5.74) is 5.02. The number of H-pyrrole nitrogens is 1. The molecule has 1 atom stereocenters. The third-order valence-corrected chi connectivity index (χ3v) is 4.33. The van der Waals surface area contributed by atoms with E-state index < -0.39 is 0 Å². The molecular formula is C18H18Cl2N4O. The van der Waals surface area contributed by atoms with Gasteiger partial charge in [-0.05, 0) is 29.3 Å². The molecule has 7 heteroatoms. The van der Waals surface area contributed by atoms with Crippen molar-refractivity contribution in [2.45, 2.75) is 6.10 Å². The number of hydrogen-bond acceptors (Lipinski definition) is 4. The van der Waals surface area contributed by atoms with Crippen LogP contribution in [0.3, 0.4) is 0 Å². The Labute approximate surface area is 157 Å². The predicted octanol–water partition coefficient (Wildman–Crippen LogP) is 3.87. The minimum absolute atomic E-state index is 0. The Hall–Kier alpha value is -1.92. The van der Waals surface area contributed by atoms with Gasteiger partial charge in [0.1, 0.15) is 5.15 Å². The minimum Gasteiger partial charge on any atom is -0.371 e. The van der Waals surface area contributed by atoms with E-state index in [0.717, 1.165) is 42.2 Å². The molecule has 5 nitrogen and oxygen atoms in total. The number of aromatic nitrogens is 3. The van der Waals surface area contributed by atoms with Crippen molar-refractivity contribution < 1.29 is 4.74 Å². The fourth-order valence-electron chi connectivity index (χ4n) is 2.84. The SMILES string of the molecule is Cl.Clc1cc(-c2cc(-c3ccc(C4CNCCO4)cc3)[nH]n2)ccn1. The minimum atomic E-state index is 0. The van der Waals surface area contributed by atoms with Crippen molar-refractivity contribution in [3.05, 3.63) is 59.4 Å². The first-order valence-corrected chi connectivity index (χ1v) is 8.27. The van der Waals surface area contributed by atoms with Crippen molar-refractivity contribution in [1.82, 2.24) is 20.5 Å². The largest absolute Gasteiger partial charge is 0.371 e. The van der Waals surface area contributed by atoms with Crippen LogP contribution in [0.25, 0.3) is 22.5 Å². The van der Waals surface area contributed by atoms with Crippen molar-refractivity contribution in [2.24, 2.45) is 0 Å². The number of ether oxygens (including phenoxy) is 1. The second kappa shape index (κ2) is 7.97. The standard InChI is InChI=1S/C18H17ClN4O.ClH/c19-18-9-14(5-6-21-18)16-10-15(22-23-16)12-1-3-13(4-2-12)17-11-20-7-8-24-17;/h1-6,9-10,17,20H,7-8,11H2,(H,22,23);1H. The third-order valence-electron chi connectivity index (χ3n) is 4.12. The summed E-state index contributed by atoms with van der Waals surface area (Å²) in [7, 11) is 0. The normalized spacial score (nSPS) is 17.1. The predicted molar refractivity (Wildman–Crippen MR) is 101 cm³/mol. The number of halogens is 2. The topological polar surface area (TPSA) is 62.8 Å². The molecule has 4 rings (SSSR count). The van der Waals surface area contributed by atoms with Crippen LogP contribution in [0, 0.1) is 0 Å². The molecular weight excluding hydrogens is 359 g/mol. The summed E-state index contributed by atoms with van der Waals surface area (Å²) in [6.07, 6.45) is 1.81. The van der Waals surface area contributed by atoms with Crippen LogP contribution >= 0.6 is 24.0 Å². The first kappa shape index (κ1) is 17.9. The number of morpholine rings is 1. The van der Waals surface area contributed by atoms with E-state index in [-0.39, 0.29) is 18.5 Å². The van der Waals surface area contributed by atoms with Crippen LogP contribution in [0.4, 0.5) is 0 Å². The molecule has 1 aliphatic heterocycles. The van der Waals surface area contributed by atoms with Crippen LogP contribution < -0.4 is 5.32 Å². The summed E-state index contributed by atoms with van der Waals surface area (Å²) in [6.45, 7) is 2.53. The molecule has 1 aliphatic rings. The highest BCUT2D eigenvalue weighted by Crippen LogP contribution is 2.26. The van der Waals surface area contributed by atoms with E-state index in [1.165, 1.54) is 5.56 Å². The molecule has 1 aromatic carbocycles. The van der Waals surface area contributed by atoms with Gasteiger partial charge in [0.15, 0.2) is 0 Å². The first-order chi connectivity index (χ1) is 11.8. The van der Waals surface area contributed by atoms with Gasteiger partial charge in [0.2, 0.25) is 0 Å². The van der Waals surface area contributed by atoms with Gasteiger partial charge in [0.05, 0.1) is 24.1 Å². The van der Waals surface area contributed by atoms with Gasteiger partial charge in [-0.15, -0.1) is 12.4 Å². The van der Waals surface area contributed by atoms with Crippen LogP contribution in [0.1, 0.15) is 11.7 Å². The molecule has 25 heavy (non-hydrogen) atoms. The molecule has 0 aliphatic carbocycles. The molecule has 3 heterocycles.